The van der Waals surface area contributed by atoms with Crippen LogP contribution in [0, 0.1) is 0 Å². The quantitative estimate of drug-likeness (QED) is 0.937. The van der Waals surface area contributed by atoms with E-state index in [1.54, 1.807) is 0 Å². The largest absolute Gasteiger partial charge is 0.382 e. The van der Waals surface area contributed by atoms with E-state index in [0.29, 0.717) is 12.1 Å². The minimum absolute atomic E-state index is 0.591. The molecule has 1 aliphatic heterocycles. The molecule has 2 unspecified atom stereocenters. The molecule has 2 aromatic rings. The fourth-order valence-electron chi connectivity index (χ4n) is 2.94. The lowest BCUT2D eigenvalue weighted by molar-refractivity contribution is 0.190. The van der Waals surface area contributed by atoms with Crippen molar-refractivity contribution in [2.75, 3.05) is 18.9 Å². The van der Waals surface area contributed by atoms with Crippen LogP contribution in [0.4, 0.5) is 5.69 Å². The summed E-state index contributed by atoms with van der Waals surface area (Å²) in [6, 6.07) is 11.9. The molecular weight excluding hydrogens is 260 g/mol. The van der Waals surface area contributed by atoms with Crippen LogP contribution in [0.5, 0.6) is 0 Å². The summed E-state index contributed by atoms with van der Waals surface area (Å²) in [5, 5.41) is 7.91. The van der Waals surface area contributed by atoms with Crippen molar-refractivity contribution in [2.24, 2.45) is 0 Å². The maximum Gasteiger partial charge on any atom is 0.0659 e. The second kappa shape index (κ2) is 6.31. The lowest BCUT2D eigenvalue weighted by Crippen LogP contribution is -2.42. The first-order valence-electron chi connectivity index (χ1n) is 7.74. The number of aromatic nitrogens is 2. The van der Waals surface area contributed by atoms with Crippen LogP contribution in [-0.2, 0) is 6.54 Å². The van der Waals surface area contributed by atoms with Gasteiger partial charge in [-0.3, -0.25) is 4.68 Å². The molecule has 1 aliphatic rings. The first kappa shape index (κ1) is 14.1. The SMILES string of the molecule is CC1CC(Nc2ccc(Cn3cccn3)cc2)CCN1C. The third-order valence-corrected chi connectivity index (χ3v) is 4.44. The number of nitrogens with one attached hydrogen (secondary N) is 1. The van der Waals surface area contributed by atoms with Crippen LogP contribution in [0.1, 0.15) is 25.3 Å². The van der Waals surface area contributed by atoms with Crippen molar-refractivity contribution >= 4 is 5.69 Å². The fourth-order valence-corrected chi connectivity index (χ4v) is 2.94. The van der Waals surface area contributed by atoms with Gasteiger partial charge in [-0.1, -0.05) is 12.1 Å². The summed E-state index contributed by atoms with van der Waals surface area (Å²) in [5.41, 5.74) is 2.50. The van der Waals surface area contributed by atoms with Crippen LogP contribution >= 0.6 is 0 Å². The Kier molecular flexibility index (Phi) is 4.25. The van der Waals surface area contributed by atoms with E-state index < -0.39 is 0 Å². The molecule has 1 saturated heterocycles. The molecule has 4 heteroatoms. The normalized spacial score (nSPS) is 23.1. The summed E-state index contributed by atoms with van der Waals surface area (Å²) in [5.74, 6) is 0. The Morgan fingerprint density at radius 3 is 2.76 bits per heavy atom. The van der Waals surface area contributed by atoms with Gasteiger partial charge in [0.2, 0.25) is 0 Å². The molecule has 1 N–H and O–H groups in total. The third kappa shape index (κ3) is 3.64. The van der Waals surface area contributed by atoms with Gasteiger partial charge in [-0.2, -0.15) is 5.10 Å². The minimum Gasteiger partial charge on any atom is -0.382 e. The Balaban J connectivity index is 1.57. The summed E-state index contributed by atoms with van der Waals surface area (Å²) < 4.78 is 1.95. The topological polar surface area (TPSA) is 33.1 Å². The van der Waals surface area contributed by atoms with Gasteiger partial charge in [-0.05, 0) is 50.6 Å². The van der Waals surface area contributed by atoms with E-state index in [-0.39, 0.29) is 0 Å². The highest BCUT2D eigenvalue weighted by atomic mass is 15.3. The van der Waals surface area contributed by atoms with Gasteiger partial charge in [0.15, 0.2) is 0 Å². The summed E-state index contributed by atoms with van der Waals surface area (Å²) >= 11 is 0. The van der Waals surface area contributed by atoms with Crippen molar-refractivity contribution in [1.82, 2.24) is 14.7 Å². The highest BCUT2D eigenvalue weighted by Crippen LogP contribution is 2.20. The van der Waals surface area contributed by atoms with Crippen LogP contribution in [0.25, 0.3) is 0 Å². The van der Waals surface area contributed by atoms with Crippen molar-refractivity contribution in [3.05, 3.63) is 48.3 Å². The zero-order valence-electron chi connectivity index (χ0n) is 12.9. The average Bonchev–Trinajstić information content (AvgIpc) is 2.98. The predicted molar refractivity (Wildman–Crippen MR) is 86.5 cm³/mol. The molecule has 0 aliphatic carbocycles. The van der Waals surface area contributed by atoms with Gasteiger partial charge in [0.25, 0.3) is 0 Å². The molecule has 112 valence electrons. The van der Waals surface area contributed by atoms with Crippen molar-refractivity contribution in [3.8, 4) is 0 Å². The second-order valence-corrected chi connectivity index (χ2v) is 6.10. The summed E-state index contributed by atoms with van der Waals surface area (Å²) in [7, 11) is 2.21. The summed E-state index contributed by atoms with van der Waals surface area (Å²) in [4.78, 5) is 2.44. The van der Waals surface area contributed by atoms with Crippen LogP contribution in [-0.4, -0.2) is 40.4 Å². The van der Waals surface area contributed by atoms with E-state index in [4.69, 9.17) is 0 Å². The lowest BCUT2D eigenvalue weighted by atomic mass is 9.98. The molecule has 2 atom stereocenters. The number of hydrogen-bond acceptors (Lipinski definition) is 3. The molecule has 0 spiro atoms. The van der Waals surface area contributed by atoms with E-state index >= 15 is 0 Å². The predicted octanol–water partition coefficient (Wildman–Crippen LogP) is 2.83. The minimum atomic E-state index is 0.591. The molecule has 4 nitrogen and oxygen atoms in total. The average molecular weight is 284 g/mol. The standard InChI is InChI=1S/C17H24N4/c1-14-12-17(8-11-20(14)2)19-16-6-4-15(5-7-16)13-21-10-3-9-18-21/h3-7,9-10,14,17,19H,8,11-13H2,1-2H3. The van der Waals surface area contributed by atoms with Gasteiger partial charge >= 0.3 is 0 Å². The maximum atomic E-state index is 4.24. The summed E-state index contributed by atoms with van der Waals surface area (Å²) in [6.07, 6.45) is 6.24. The number of anilines is 1. The molecule has 0 bridgehead atoms. The summed E-state index contributed by atoms with van der Waals surface area (Å²) in [6.45, 7) is 4.32. The van der Waals surface area contributed by atoms with Crippen molar-refractivity contribution in [2.45, 2.75) is 38.4 Å². The zero-order valence-corrected chi connectivity index (χ0v) is 12.9. The smallest absolute Gasteiger partial charge is 0.0659 e. The zero-order chi connectivity index (χ0) is 14.7. The Hall–Kier alpha value is -1.81. The van der Waals surface area contributed by atoms with Gasteiger partial charge in [-0.25, -0.2) is 0 Å². The molecule has 0 radical (unpaired) electrons. The van der Waals surface area contributed by atoms with Crippen LogP contribution < -0.4 is 5.32 Å². The van der Waals surface area contributed by atoms with Gasteiger partial charge < -0.3 is 10.2 Å². The Morgan fingerprint density at radius 1 is 1.29 bits per heavy atom. The van der Waals surface area contributed by atoms with E-state index in [2.05, 4.69) is 53.6 Å². The highest BCUT2D eigenvalue weighted by molar-refractivity contribution is 5.45. The molecule has 3 rings (SSSR count). The number of piperidine rings is 1. The number of likely N-dealkylation sites (tertiary alicyclic amines) is 1. The van der Waals surface area contributed by atoms with Crippen molar-refractivity contribution in [1.29, 1.82) is 0 Å². The molecule has 1 aromatic carbocycles. The van der Waals surface area contributed by atoms with E-state index in [1.165, 1.54) is 30.6 Å². The lowest BCUT2D eigenvalue weighted by Gasteiger charge is -2.35. The van der Waals surface area contributed by atoms with Crippen LogP contribution in [0.3, 0.4) is 0 Å². The van der Waals surface area contributed by atoms with E-state index in [1.807, 2.05) is 23.1 Å². The van der Waals surface area contributed by atoms with Gasteiger partial charge in [0, 0.05) is 36.7 Å². The van der Waals surface area contributed by atoms with Gasteiger partial charge in [0.1, 0.15) is 0 Å². The number of rotatable bonds is 4. The third-order valence-electron chi connectivity index (χ3n) is 4.44. The van der Waals surface area contributed by atoms with E-state index in [9.17, 15) is 0 Å². The first-order valence-corrected chi connectivity index (χ1v) is 7.74. The van der Waals surface area contributed by atoms with Crippen molar-refractivity contribution in [3.63, 3.8) is 0 Å². The van der Waals surface area contributed by atoms with Crippen molar-refractivity contribution < 1.29 is 0 Å². The number of benzene rings is 1. The maximum absolute atomic E-state index is 4.24. The van der Waals surface area contributed by atoms with Gasteiger partial charge in [0.05, 0.1) is 6.54 Å². The molecule has 0 amide bonds. The monoisotopic (exact) mass is 284 g/mol. The second-order valence-electron chi connectivity index (χ2n) is 6.10. The molecule has 2 heterocycles. The fraction of sp³-hybridized carbons (Fsp3) is 0.471. The Labute approximate surface area is 126 Å². The van der Waals surface area contributed by atoms with Gasteiger partial charge in [-0.15, -0.1) is 0 Å². The van der Waals surface area contributed by atoms with Crippen LogP contribution in [0.15, 0.2) is 42.7 Å². The van der Waals surface area contributed by atoms with Crippen LogP contribution in [0.2, 0.25) is 0 Å². The Morgan fingerprint density at radius 2 is 2.10 bits per heavy atom. The molecule has 0 saturated carbocycles. The highest BCUT2D eigenvalue weighted by Gasteiger charge is 2.22. The molecule has 21 heavy (non-hydrogen) atoms. The Bertz CT molecular complexity index is 547. The van der Waals surface area contributed by atoms with E-state index in [0.717, 1.165) is 6.54 Å². The molecular formula is C17H24N4. The number of nitrogens with zero attached hydrogens (tertiary/aromatic N) is 3. The molecule has 1 aromatic heterocycles. The number of hydrogen-bond donors (Lipinski definition) is 1. The molecule has 1 fully saturated rings. The first-order chi connectivity index (χ1) is 10.2.